The van der Waals surface area contributed by atoms with Crippen molar-refractivity contribution in [3.05, 3.63) is 0 Å². The number of hydrogen-bond donors (Lipinski definition) is 0. The molecule has 1 fully saturated rings. The molecule has 0 aromatic heterocycles. The number of carbonyl (C=O) groups excluding carboxylic acids is 2. The van der Waals surface area contributed by atoms with E-state index in [0.717, 1.165) is 51.4 Å². The van der Waals surface area contributed by atoms with Crippen LogP contribution in [-0.4, -0.2) is 25.2 Å². The predicted octanol–water partition coefficient (Wildman–Crippen LogP) is 4.65. The molecule has 0 aliphatic heterocycles. The zero-order valence-corrected chi connectivity index (χ0v) is 15.0. The molecule has 0 atom stereocenters. The van der Waals surface area contributed by atoms with Gasteiger partial charge in [0, 0.05) is 0 Å². The van der Waals surface area contributed by atoms with Crippen LogP contribution >= 0.6 is 0 Å². The van der Waals surface area contributed by atoms with Crippen molar-refractivity contribution in [2.45, 2.75) is 84.5 Å². The maximum absolute atomic E-state index is 12.0. The van der Waals surface area contributed by atoms with E-state index in [1.165, 1.54) is 19.3 Å². The fraction of sp³-hybridized carbons (Fsp3) is 0.895. The minimum absolute atomic E-state index is 0.0228. The molecule has 0 aromatic rings. The summed E-state index contributed by atoms with van der Waals surface area (Å²) in [6, 6.07) is 0. The number of hydrogen-bond acceptors (Lipinski definition) is 4. The molecule has 0 saturated heterocycles. The third kappa shape index (κ3) is 8.38. The molecular formula is C19H34O4. The lowest BCUT2D eigenvalue weighted by atomic mass is 9.82. The van der Waals surface area contributed by atoms with Crippen LogP contribution in [0.15, 0.2) is 0 Å². The van der Waals surface area contributed by atoms with Gasteiger partial charge in [0.05, 0.1) is 25.0 Å². The molecule has 1 rings (SSSR count). The van der Waals surface area contributed by atoms with Gasteiger partial charge in [0.2, 0.25) is 0 Å². The van der Waals surface area contributed by atoms with Crippen molar-refractivity contribution in [1.82, 2.24) is 0 Å². The second kappa shape index (κ2) is 12.4. The van der Waals surface area contributed by atoms with Crippen molar-refractivity contribution in [3.63, 3.8) is 0 Å². The van der Waals surface area contributed by atoms with Crippen LogP contribution in [0.25, 0.3) is 0 Å². The summed E-state index contributed by atoms with van der Waals surface area (Å²) in [6.07, 6.45) is 10.8. The topological polar surface area (TPSA) is 52.6 Å². The minimum atomic E-state index is -0.0822. The SMILES string of the molecule is CCCCCCCOC(=O)C1CCC(C(=O)OCCCC)CC1. The monoisotopic (exact) mass is 326 g/mol. The quantitative estimate of drug-likeness (QED) is 0.410. The van der Waals surface area contributed by atoms with E-state index < -0.39 is 0 Å². The van der Waals surface area contributed by atoms with E-state index in [0.29, 0.717) is 13.2 Å². The molecule has 0 N–H and O–H groups in total. The Balaban J connectivity index is 2.12. The van der Waals surface area contributed by atoms with Gasteiger partial charge < -0.3 is 9.47 Å². The Morgan fingerprint density at radius 2 is 1.13 bits per heavy atom. The number of carbonyl (C=O) groups is 2. The normalized spacial score (nSPS) is 21.0. The largest absolute Gasteiger partial charge is 0.465 e. The summed E-state index contributed by atoms with van der Waals surface area (Å²) in [5.74, 6) is -0.199. The predicted molar refractivity (Wildman–Crippen MR) is 91.0 cm³/mol. The third-order valence-corrected chi connectivity index (χ3v) is 4.63. The molecule has 1 aliphatic carbocycles. The van der Waals surface area contributed by atoms with E-state index in [4.69, 9.17) is 9.47 Å². The molecule has 1 aliphatic rings. The molecule has 4 heteroatoms. The van der Waals surface area contributed by atoms with Crippen LogP contribution in [0.5, 0.6) is 0 Å². The molecule has 0 aromatic carbocycles. The maximum Gasteiger partial charge on any atom is 0.308 e. The maximum atomic E-state index is 12.0. The lowest BCUT2D eigenvalue weighted by Gasteiger charge is -2.26. The van der Waals surface area contributed by atoms with Crippen LogP contribution in [0, 0.1) is 11.8 Å². The molecular weight excluding hydrogens is 292 g/mol. The average molecular weight is 326 g/mol. The number of esters is 2. The molecule has 0 heterocycles. The van der Waals surface area contributed by atoms with Gasteiger partial charge in [0.15, 0.2) is 0 Å². The lowest BCUT2D eigenvalue weighted by Crippen LogP contribution is -2.28. The van der Waals surface area contributed by atoms with Crippen LogP contribution in [0.1, 0.15) is 84.5 Å². The standard InChI is InChI=1S/C19H34O4/c1-3-5-7-8-9-15-23-19(21)17-12-10-16(11-13-17)18(20)22-14-6-4-2/h16-17H,3-15H2,1-2H3. The third-order valence-electron chi connectivity index (χ3n) is 4.63. The fourth-order valence-corrected chi connectivity index (χ4v) is 3.00. The molecule has 4 nitrogen and oxygen atoms in total. The summed E-state index contributed by atoms with van der Waals surface area (Å²) >= 11 is 0. The van der Waals surface area contributed by atoms with Gasteiger partial charge in [-0.05, 0) is 38.5 Å². The van der Waals surface area contributed by atoms with Crippen molar-refractivity contribution in [2.75, 3.05) is 13.2 Å². The van der Waals surface area contributed by atoms with E-state index in [2.05, 4.69) is 13.8 Å². The second-order valence-electron chi connectivity index (χ2n) is 6.65. The molecule has 23 heavy (non-hydrogen) atoms. The number of rotatable bonds is 11. The Hall–Kier alpha value is -1.06. The van der Waals surface area contributed by atoms with E-state index >= 15 is 0 Å². The summed E-state index contributed by atoms with van der Waals surface area (Å²) < 4.78 is 10.7. The van der Waals surface area contributed by atoms with Gasteiger partial charge in [-0.3, -0.25) is 9.59 Å². The first-order valence-corrected chi connectivity index (χ1v) is 9.52. The molecule has 0 radical (unpaired) electrons. The Kier molecular flexibility index (Phi) is 10.8. The van der Waals surface area contributed by atoms with Crippen LogP contribution in [0.4, 0.5) is 0 Å². The molecule has 0 unspecified atom stereocenters. The first-order valence-electron chi connectivity index (χ1n) is 9.52. The summed E-state index contributed by atoms with van der Waals surface area (Å²) in [5, 5.41) is 0. The molecule has 1 saturated carbocycles. The van der Waals surface area contributed by atoms with Crippen LogP contribution < -0.4 is 0 Å². The highest BCUT2D eigenvalue weighted by Crippen LogP contribution is 2.30. The van der Waals surface area contributed by atoms with Gasteiger partial charge in [0.1, 0.15) is 0 Å². The molecule has 0 spiro atoms. The van der Waals surface area contributed by atoms with Crippen LogP contribution in [0.2, 0.25) is 0 Å². The number of unbranched alkanes of at least 4 members (excludes halogenated alkanes) is 5. The van der Waals surface area contributed by atoms with Gasteiger partial charge in [-0.2, -0.15) is 0 Å². The minimum Gasteiger partial charge on any atom is -0.465 e. The highest BCUT2D eigenvalue weighted by Gasteiger charge is 2.31. The first-order chi connectivity index (χ1) is 11.2. The van der Waals surface area contributed by atoms with Crippen molar-refractivity contribution >= 4 is 11.9 Å². The van der Waals surface area contributed by atoms with Crippen LogP contribution in [0.3, 0.4) is 0 Å². The summed E-state index contributed by atoms with van der Waals surface area (Å²) in [7, 11) is 0. The van der Waals surface area contributed by atoms with Crippen molar-refractivity contribution in [3.8, 4) is 0 Å². The van der Waals surface area contributed by atoms with Gasteiger partial charge in [-0.1, -0.05) is 46.0 Å². The van der Waals surface area contributed by atoms with E-state index in [-0.39, 0.29) is 23.8 Å². The lowest BCUT2D eigenvalue weighted by molar-refractivity contribution is -0.155. The van der Waals surface area contributed by atoms with Crippen molar-refractivity contribution in [2.24, 2.45) is 11.8 Å². The first kappa shape index (κ1) is 20.0. The smallest absolute Gasteiger partial charge is 0.308 e. The Morgan fingerprint density at radius 3 is 1.61 bits per heavy atom. The van der Waals surface area contributed by atoms with Gasteiger partial charge in [-0.15, -0.1) is 0 Å². The van der Waals surface area contributed by atoms with Crippen molar-refractivity contribution in [1.29, 1.82) is 0 Å². The molecule has 0 amide bonds. The Labute approximate surface area is 141 Å². The van der Waals surface area contributed by atoms with Gasteiger partial charge in [-0.25, -0.2) is 0 Å². The highest BCUT2D eigenvalue weighted by atomic mass is 16.5. The Bertz CT molecular complexity index is 332. The van der Waals surface area contributed by atoms with Crippen LogP contribution in [-0.2, 0) is 19.1 Å². The molecule has 0 bridgehead atoms. The zero-order valence-electron chi connectivity index (χ0n) is 15.0. The van der Waals surface area contributed by atoms with Gasteiger partial charge in [0.25, 0.3) is 0 Å². The average Bonchev–Trinajstić information content (AvgIpc) is 2.58. The van der Waals surface area contributed by atoms with E-state index in [1.54, 1.807) is 0 Å². The second-order valence-corrected chi connectivity index (χ2v) is 6.65. The Morgan fingerprint density at radius 1 is 0.696 bits per heavy atom. The number of ether oxygens (including phenoxy) is 2. The molecule has 134 valence electrons. The fourth-order valence-electron chi connectivity index (χ4n) is 3.00. The van der Waals surface area contributed by atoms with E-state index in [1.807, 2.05) is 0 Å². The summed E-state index contributed by atoms with van der Waals surface area (Å²) in [6.45, 7) is 5.33. The summed E-state index contributed by atoms with van der Waals surface area (Å²) in [5.41, 5.74) is 0. The van der Waals surface area contributed by atoms with E-state index in [9.17, 15) is 9.59 Å². The highest BCUT2D eigenvalue weighted by molar-refractivity contribution is 5.75. The summed E-state index contributed by atoms with van der Waals surface area (Å²) in [4.78, 5) is 23.9. The van der Waals surface area contributed by atoms with Gasteiger partial charge >= 0.3 is 11.9 Å². The van der Waals surface area contributed by atoms with Crippen molar-refractivity contribution < 1.29 is 19.1 Å². The zero-order chi connectivity index (χ0) is 16.9.